The van der Waals surface area contributed by atoms with Gasteiger partial charge in [0.15, 0.2) is 0 Å². The minimum absolute atomic E-state index is 0.159. The van der Waals surface area contributed by atoms with E-state index in [1.165, 1.54) is 25.3 Å². The van der Waals surface area contributed by atoms with Crippen LogP contribution < -0.4 is 5.73 Å². The number of aromatic nitrogens is 2. The van der Waals surface area contributed by atoms with Gasteiger partial charge in [0.1, 0.15) is 11.6 Å². The van der Waals surface area contributed by atoms with Crippen LogP contribution in [0.15, 0.2) is 18.2 Å². The fourth-order valence-corrected chi connectivity index (χ4v) is 3.55. The maximum Gasteiger partial charge on any atom is 0.125 e. The van der Waals surface area contributed by atoms with Gasteiger partial charge in [0.2, 0.25) is 0 Å². The fourth-order valence-electron chi connectivity index (χ4n) is 3.55. The Morgan fingerprint density at radius 3 is 2.76 bits per heavy atom. The molecule has 0 spiro atoms. The Balaban J connectivity index is 2.14. The first-order chi connectivity index (χ1) is 10.1. The molecule has 3 rings (SSSR count). The van der Waals surface area contributed by atoms with E-state index < -0.39 is 0 Å². The van der Waals surface area contributed by atoms with Crippen LogP contribution in [0.1, 0.15) is 63.7 Å². The molecule has 0 amide bonds. The highest BCUT2D eigenvalue weighted by Crippen LogP contribution is 2.34. The Morgan fingerprint density at radius 2 is 2.00 bits per heavy atom. The monoisotopic (exact) mass is 289 g/mol. The lowest BCUT2D eigenvalue weighted by molar-refractivity contribution is 0.450. The lowest BCUT2D eigenvalue weighted by atomic mass is 9.94. The molecule has 1 fully saturated rings. The van der Waals surface area contributed by atoms with E-state index >= 15 is 0 Å². The standard InChI is InChI=1S/C17H24FN3/c1-11(2)21-16-10-12(18)8-9-15(16)20-17(21)13-6-4-3-5-7-14(13)19/h8-11,13-14H,3-7,19H2,1-2H3. The maximum atomic E-state index is 13.6. The lowest BCUT2D eigenvalue weighted by Crippen LogP contribution is -2.29. The van der Waals surface area contributed by atoms with E-state index in [0.29, 0.717) is 0 Å². The second kappa shape index (κ2) is 5.76. The average Bonchev–Trinajstić information content (AvgIpc) is 2.67. The summed E-state index contributed by atoms with van der Waals surface area (Å²) in [6, 6.07) is 5.26. The van der Waals surface area contributed by atoms with Crippen molar-refractivity contribution in [2.45, 2.75) is 64.0 Å². The number of rotatable bonds is 2. The van der Waals surface area contributed by atoms with Crippen molar-refractivity contribution in [2.75, 3.05) is 0 Å². The molecule has 1 aliphatic carbocycles. The summed E-state index contributed by atoms with van der Waals surface area (Å²) in [5.41, 5.74) is 8.16. The molecule has 0 saturated heterocycles. The molecule has 2 aromatic rings. The molecule has 0 bridgehead atoms. The predicted molar refractivity (Wildman–Crippen MR) is 83.9 cm³/mol. The van der Waals surface area contributed by atoms with Gasteiger partial charge in [-0.2, -0.15) is 0 Å². The zero-order chi connectivity index (χ0) is 15.0. The minimum atomic E-state index is -0.207. The van der Waals surface area contributed by atoms with Crippen LogP contribution in [-0.4, -0.2) is 15.6 Å². The van der Waals surface area contributed by atoms with Crippen LogP contribution in [-0.2, 0) is 0 Å². The smallest absolute Gasteiger partial charge is 0.125 e. The number of fused-ring (bicyclic) bond motifs is 1. The zero-order valence-corrected chi connectivity index (χ0v) is 12.8. The third kappa shape index (κ3) is 2.69. The van der Waals surface area contributed by atoms with Gasteiger partial charge in [-0.15, -0.1) is 0 Å². The molecule has 2 atom stereocenters. The Hall–Kier alpha value is -1.42. The van der Waals surface area contributed by atoms with Crippen LogP contribution in [0, 0.1) is 5.82 Å². The molecule has 114 valence electrons. The van der Waals surface area contributed by atoms with Gasteiger partial charge in [-0.05, 0) is 44.9 Å². The Kier molecular flexibility index (Phi) is 3.98. The first-order valence-corrected chi connectivity index (χ1v) is 8.01. The topological polar surface area (TPSA) is 43.8 Å². The third-order valence-corrected chi connectivity index (χ3v) is 4.60. The second-order valence-electron chi connectivity index (χ2n) is 6.48. The van der Waals surface area contributed by atoms with Crippen LogP contribution >= 0.6 is 0 Å². The summed E-state index contributed by atoms with van der Waals surface area (Å²) in [5.74, 6) is 1.12. The first-order valence-electron chi connectivity index (χ1n) is 8.01. The van der Waals surface area contributed by atoms with Crippen LogP contribution in [0.5, 0.6) is 0 Å². The Bertz CT molecular complexity index is 632. The van der Waals surface area contributed by atoms with Gasteiger partial charge in [-0.1, -0.05) is 19.3 Å². The highest BCUT2D eigenvalue weighted by molar-refractivity contribution is 5.76. The van der Waals surface area contributed by atoms with Gasteiger partial charge in [-0.3, -0.25) is 0 Å². The van der Waals surface area contributed by atoms with Crippen LogP contribution in [0.3, 0.4) is 0 Å². The van der Waals surface area contributed by atoms with Gasteiger partial charge in [0, 0.05) is 18.0 Å². The fraction of sp³-hybridized carbons (Fsp3) is 0.588. The predicted octanol–water partition coefficient (Wildman–Crippen LogP) is 4.13. The summed E-state index contributed by atoms with van der Waals surface area (Å²) in [4.78, 5) is 4.81. The number of hydrogen-bond acceptors (Lipinski definition) is 2. The van der Waals surface area contributed by atoms with Crippen molar-refractivity contribution < 1.29 is 4.39 Å². The van der Waals surface area contributed by atoms with E-state index in [1.807, 2.05) is 0 Å². The minimum Gasteiger partial charge on any atom is -0.327 e. The Morgan fingerprint density at radius 1 is 1.24 bits per heavy atom. The van der Waals surface area contributed by atoms with Gasteiger partial charge < -0.3 is 10.3 Å². The molecule has 3 nitrogen and oxygen atoms in total. The van der Waals surface area contributed by atoms with Crippen LogP contribution in [0.25, 0.3) is 11.0 Å². The summed E-state index contributed by atoms with van der Waals surface area (Å²) >= 11 is 0. The molecule has 2 N–H and O–H groups in total. The van der Waals surface area contributed by atoms with E-state index in [9.17, 15) is 4.39 Å². The number of benzene rings is 1. The molecule has 1 aromatic heterocycles. The van der Waals surface area contributed by atoms with E-state index in [0.717, 1.165) is 29.7 Å². The molecule has 21 heavy (non-hydrogen) atoms. The van der Waals surface area contributed by atoms with Crippen LogP contribution in [0.2, 0.25) is 0 Å². The highest BCUT2D eigenvalue weighted by atomic mass is 19.1. The first kappa shape index (κ1) is 14.5. The van der Waals surface area contributed by atoms with Crippen molar-refractivity contribution in [1.29, 1.82) is 0 Å². The molecule has 1 heterocycles. The highest BCUT2D eigenvalue weighted by Gasteiger charge is 2.28. The molecular weight excluding hydrogens is 265 g/mol. The summed E-state index contributed by atoms with van der Waals surface area (Å²) in [5, 5.41) is 0. The summed E-state index contributed by atoms with van der Waals surface area (Å²) in [6.07, 6.45) is 5.79. The van der Waals surface area contributed by atoms with Gasteiger partial charge in [-0.25, -0.2) is 9.37 Å². The van der Waals surface area contributed by atoms with Crippen molar-refractivity contribution in [2.24, 2.45) is 5.73 Å². The van der Waals surface area contributed by atoms with Crippen molar-refractivity contribution in [3.05, 3.63) is 29.8 Å². The molecule has 0 aliphatic heterocycles. The maximum absolute atomic E-state index is 13.6. The summed E-state index contributed by atoms with van der Waals surface area (Å²) in [6.45, 7) is 4.25. The molecule has 4 heteroatoms. The number of hydrogen-bond donors (Lipinski definition) is 1. The third-order valence-electron chi connectivity index (χ3n) is 4.60. The van der Waals surface area contributed by atoms with E-state index in [-0.39, 0.29) is 23.8 Å². The van der Waals surface area contributed by atoms with Gasteiger partial charge in [0.25, 0.3) is 0 Å². The number of nitrogens with two attached hydrogens (primary N) is 1. The summed E-state index contributed by atoms with van der Waals surface area (Å²) < 4.78 is 15.8. The quantitative estimate of drug-likeness (QED) is 0.845. The van der Waals surface area contributed by atoms with E-state index in [2.05, 4.69) is 18.4 Å². The van der Waals surface area contributed by atoms with Crippen molar-refractivity contribution in [3.8, 4) is 0 Å². The van der Waals surface area contributed by atoms with Crippen LogP contribution in [0.4, 0.5) is 4.39 Å². The molecule has 1 aromatic carbocycles. The normalized spacial score (nSPS) is 23.7. The molecular formula is C17H24FN3. The molecule has 0 radical (unpaired) electrons. The number of imidazole rings is 1. The molecule has 1 aliphatic rings. The van der Waals surface area contributed by atoms with Crippen molar-refractivity contribution >= 4 is 11.0 Å². The summed E-state index contributed by atoms with van der Waals surface area (Å²) in [7, 11) is 0. The van der Waals surface area contributed by atoms with Crippen molar-refractivity contribution in [1.82, 2.24) is 9.55 Å². The second-order valence-corrected chi connectivity index (χ2v) is 6.48. The van der Waals surface area contributed by atoms with E-state index in [1.54, 1.807) is 12.1 Å². The Labute approximate surface area is 125 Å². The largest absolute Gasteiger partial charge is 0.327 e. The zero-order valence-electron chi connectivity index (χ0n) is 12.8. The van der Waals surface area contributed by atoms with Gasteiger partial charge >= 0.3 is 0 Å². The van der Waals surface area contributed by atoms with E-state index in [4.69, 9.17) is 10.7 Å². The lowest BCUT2D eigenvalue weighted by Gasteiger charge is -2.24. The molecule has 1 saturated carbocycles. The number of nitrogens with zero attached hydrogens (tertiary/aromatic N) is 2. The molecule has 2 unspecified atom stereocenters. The number of halogens is 1. The van der Waals surface area contributed by atoms with Gasteiger partial charge in [0.05, 0.1) is 11.0 Å². The SMILES string of the molecule is CC(C)n1c(C2CCCCCC2N)nc2ccc(F)cc21. The average molecular weight is 289 g/mol. The van der Waals surface area contributed by atoms with Crippen molar-refractivity contribution in [3.63, 3.8) is 0 Å².